The molecule has 0 aliphatic heterocycles. The molecule has 3 aromatic rings. The molecule has 0 saturated heterocycles. The summed E-state index contributed by atoms with van der Waals surface area (Å²) in [6.45, 7) is 0. The van der Waals surface area contributed by atoms with Gasteiger partial charge in [0, 0.05) is 34.0 Å². The van der Waals surface area contributed by atoms with Crippen LogP contribution in [0.15, 0.2) is 35.8 Å². The SMILES string of the molecule is N#C/C(=C/c1c[nH]c2ccccc12)c1nc(C2CC2)cs1. The number of H-pyrrole nitrogens is 1. The van der Waals surface area contributed by atoms with Crippen molar-refractivity contribution in [1.82, 2.24) is 9.97 Å². The number of aromatic amines is 1. The number of nitrogens with zero attached hydrogens (tertiary/aromatic N) is 2. The van der Waals surface area contributed by atoms with Gasteiger partial charge in [-0.1, -0.05) is 18.2 Å². The number of para-hydroxylation sites is 1. The minimum absolute atomic E-state index is 0.628. The Morgan fingerprint density at radius 3 is 3.05 bits per heavy atom. The van der Waals surface area contributed by atoms with Crippen LogP contribution in [0.1, 0.15) is 35.0 Å². The molecule has 2 aromatic heterocycles. The molecule has 0 radical (unpaired) electrons. The minimum atomic E-state index is 0.628. The zero-order valence-corrected chi connectivity index (χ0v) is 12.2. The number of aromatic nitrogens is 2. The molecule has 1 N–H and O–H groups in total. The van der Waals surface area contributed by atoms with E-state index in [9.17, 15) is 5.26 Å². The molecule has 0 atom stereocenters. The molecule has 1 aliphatic rings. The molecule has 4 rings (SSSR count). The van der Waals surface area contributed by atoms with Gasteiger partial charge in [-0.15, -0.1) is 11.3 Å². The molecule has 4 heteroatoms. The summed E-state index contributed by atoms with van der Waals surface area (Å²) in [5, 5.41) is 13.5. The highest BCUT2D eigenvalue weighted by molar-refractivity contribution is 7.11. The van der Waals surface area contributed by atoms with Gasteiger partial charge in [0.1, 0.15) is 11.1 Å². The van der Waals surface area contributed by atoms with Crippen molar-refractivity contribution in [3.8, 4) is 6.07 Å². The van der Waals surface area contributed by atoms with E-state index >= 15 is 0 Å². The first-order chi connectivity index (χ1) is 10.3. The van der Waals surface area contributed by atoms with Crippen molar-refractivity contribution in [2.24, 2.45) is 0 Å². The predicted molar refractivity (Wildman–Crippen MR) is 85.9 cm³/mol. The molecule has 102 valence electrons. The van der Waals surface area contributed by atoms with E-state index in [0.29, 0.717) is 11.5 Å². The highest BCUT2D eigenvalue weighted by Gasteiger charge is 2.26. The lowest BCUT2D eigenvalue weighted by molar-refractivity contribution is 1.05. The topological polar surface area (TPSA) is 52.5 Å². The fourth-order valence-corrected chi connectivity index (χ4v) is 3.35. The van der Waals surface area contributed by atoms with Crippen molar-refractivity contribution < 1.29 is 0 Å². The zero-order chi connectivity index (χ0) is 14.2. The highest BCUT2D eigenvalue weighted by Crippen LogP contribution is 2.41. The molecule has 0 unspecified atom stereocenters. The van der Waals surface area contributed by atoms with Crippen LogP contribution in [0.4, 0.5) is 0 Å². The van der Waals surface area contributed by atoms with Crippen molar-refractivity contribution in [3.63, 3.8) is 0 Å². The number of benzene rings is 1. The monoisotopic (exact) mass is 291 g/mol. The molecule has 21 heavy (non-hydrogen) atoms. The summed E-state index contributed by atoms with van der Waals surface area (Å²) < 4.78 is 0. The van der Waals surface area contributed by atoms with Crippen LogP contribution in [0.3, 0.4) is 0 Å². The van der Waals surface area contributed by atoms with E-state index in [1.165, 1.54) is 12.8 Å². The molecule has 2 heterocycles. The number of hydrogen-bond donors (Lipinski definition) is 1. The fraction of sp³-hybridized carbons (Fsp3) is 0.176. The van der Waals surface area contributed by atoms with Crippen LogP contribution in [0.5, 0.6) is 0 Å². The maximum Gasteiger partial charge on any atom is 0.134 e. The van der Waals surface area contributed by atoms with Gasteiger partial charge in [0.25, 0.3) is 0 Å². The molecule has 1 aromatic carbocycles. The average Bonchev–Trinajstić information content (AvgIpc) is 3.11. The fourth-order valence-electron chi connectivity index (χ4n) is 2.49. The van der Waals surface area contributed by atoms with Crippen molar-refractivity contribution in [1.29, 1.82) is 5.26 Å². The first kappa shape index (κ1) is 12.4. The standard InChI is InChI=1S/C17H13N3S/c18-8-12(17-20-16(10-21-17)11-5-6-11)7-13-9-19-15-4-2-1-3-14(13)15/h1-4,7,9-11,19H,5-6H2/b12-7-. The third kappa shape index (κ3) is 2.26. The van der Waals surface area contributed by atoms with Crippen molar-refractivity contribution in [2.75, 3.05) is 0 Å². The van der Waals surface area contributed by atoms with Crippen LogP contribution in [-0.2, 0) is 0 Å². The summed E-state index contributed by atoms with van der Waals surface area (Å²) in [5.74, 6) is 0.628. The van der Waals surface area contributed by atoms with Gasteiger partial charge >= 0.3 is 0 Å². The molecule has 0 amide bonds. The van der Waals surface area contributed by atoms with Crippen LogP contribution in [0.25, 0.3) is 22.6 Å². The van der Waals surface area contributed by atoms with E-state index in [-0.39, 0.29) is 0 Å². The molecule has 3 nitrogen and oxygen atoms in total. The number of thiazole rings is 1. The number of nitriles is 1. The second-order valence-corrected chi connectivity index (χ2v) is 6.17. The van der Waals surface area contributed by atoms with Crippen molar-refractivity contribution in [2.45, 2.75) is 18.8 Å². The molecular formula is C17H13N3S. The van der Waals surface area contributed by atoms with Gasteiger partial charge in [0.15, 0.2) is 0 Å². The number of allylic oxidation sites excluding steroid dienone is 1. The van der Waals surface area contributed by atoms with E-state index in [2.05, 4.69) is 27.5 Å². The second kappa shape index (κ2) is 4.87. The molecule has 1 fully saturated rings. The number of rotatable bonds is 3. The lowest BCUT2D eigenvalue weighted by atomic mass is 10.1. The van der Waals surface area contributed by atoms with Gasteiger partial charge in [-0.05, 0) is 25.0 Å². The molecular weight excluding hydrogens is 278 g/mol. The zero-order valence-electron chi connectivity index (χ0n) is 11.3. The van der Waals surface area contributed by atoms with Gasteiger partial charge in [0.2, 0.25) is 0 Å². The van der Waals surface area contributed by atoms with Crippen molar-refractivity contribution in [3.05, 3.63) is 52.1 Å². The summed E-state index contributed by atoms with van der Waals surface area (Å²) >= 11 is 1.57. The quantitative estimate of drug-likeness (QED) is 0.719. The molecule has 0 bridgehead atoms. The predicted octanol–water partition coefficient (Wildman–Crippen LogP) is 4.57. The lowest BCUT2D eigenvalue weighted by Gasteiger charge is -1.94. The van der Waals surface area contributed by atoms with E-state index < -0.39 is 0 Å². The van der Waals surface area contributed by atoms with Crippen LogP contribution >= 0.6 is 11.3 Å². The van der Waals surface area contributed by atoms with Crippen LogP contribution in [0.2, 0.25) is 0 Å². The van der Waals surface area contributed by atoms with Gasteiger partial charge in [-0.2, -0.15) is 5.26 Å². The Balaban J connectivity index is 1.76. The Morgan fingerprint density at radius 1 is 1.38 bits per heavy atom. The number of nitrogens with one attached hydrogen (secondary N) is 1. The van der Waals surface area contributed by atoms with Gasteiger partial charge < -0.3 is 4.98 Å². The molecule has 1 saturated carbocycles. The first-order valence-electron chi connectivity index (χ1n) is 6.99. The van der Waals surface area contributed by atoms with Crippen LogP contribution < -0.4 is 0 Å². The van der Waals surface area contributed by atoms with E-state index in [1.54, 1.807) is 11.3 Å². The summed E-state index contributed by atoms with van der Waals surface area (Å²) in [6.07, 6.45) is 6.33. The second-order valence-electron chi connectivity index (χ2n) is 5.31. The number of hydrogen-bond acceptors (Lipinski definition) is 3. The summed E-state index contributed by atoms with van der Waals surface area (Å²) in [6, 6.07) is 10.4. The number of fused-ring (bicyclic) bond motifs is 1. The average molecular weight is 291 g/mol. The van der Waals surface area contributed by atoms with E-state index in [0.717, 1.165) is 27.2 Å². The summed E-state index contributed by atoms with van der Waals surface area (Å²) in [7, 11) is 0. The Labute approximate surface area is 126 Å². The Kier molecular flexibility index (Phi) is 2.87. The first-order valence-corrected chi connectivity index (χ1v) is 7.87. The van der Waals surface area contributed by atoms with E-state index in [1.807, 2.05) is 30.5 Å². The maximum atomic E-state index is 9.45. The summed E-state index contributed by atoms with van der Waals surface area (Å²) in [5.41, 5.74) is 3.90. The van der Waals surface area contributed by atoms with E-state index in [4.69, 9.17) is 0 Å². The highest BCUT2D eigenvalue weighted by atomic mass is 32.1. The smallest absolute Gasteiger partial charge is 0.134 e. The largest absolute Gasteiger partial charge is 0.361 e. The lowest BCUT2D eigenvalue weighted by Crippen LogP contribution is -1.83. The van der Waals surface area contributed by atoms with Crippen LogP contribution in [0, 0.1) is 11.3 Å². The Bertz CT molecular complexity index is 875. The Morgan fingerprint density at radius 2 is 2.24 bits per heavy atom. The normalized spacial score (nSPS) is 15.3. The maximum absolute atomic E-state index is 9.45. The summed E-state index contributed by atoms with van der Waals surface area (Å²) in [4.78, 5) is 7.85. The van der Waals surface area contributed by atoms with Crippen molar-refractivity contribution >= 4 is 33.9 Å². The van der Waals surface area contributed by atoms with Gasteiger partial charge in [-0.25, -0.2) is 4.98 Å². The third-order valence-electron chi connectivity index (χ3n) is 3.79. The Hall–Kier alpha value is -2.38. The molecule has 1 aliphatic carbocycles. The minimum Gasteiger partial charge on any atom is -0.361 e. The van der Waals surface area contributed by atoms with Crippen LogP contribution in [-0.4, -0.2) is 9.97 Å². The van der Waals surface area contributed by atoms with Gasteiger partial charge in [-0.3, -0.25) is 0 Å². The third-order valence-corrected chi connectivity index (χ3v) is 4.68. The molecule has 0 spiro atoms. The van der Waals surface area contributed by atoms with Gasteiger partial charge in [0.05, 0.1) is 11.3 Å².